The van der Waals surface area contributed by atoms with Crippen LogP contribution in [0.1, 0.15) is 46.8 Å². The van der Waals surface area contributed by atoms with Gasteiger partial charge in [0.05, 0.1) is 5.56 Å². The van der Waals surface area contributed by atoms with Crippen LogP contribution in [0.4, 0.5) is 13.2 Å². The Morgan fingerprint density at radius 2 is 2.05 bits per heavy atom. The van der Waals surface area contributed by atoms with E-state index in [1.807, 2.05) is 6.92 Å². The molecule has 0 bridgehead atoms. The molecule has 1 fully saturated rings. The molecular formula is C14H15F3N2O. The van der Waals surface area contributed by atoms with E-state index in [9.17, 15) is 18.0 Å². The number of carbonyl (C=O) groups is 1. The van der Waals surface area contributed by atoms with E-state index < -0.39 is 17.6 Å². The van der Waals surface area contributed by atoms with Gasteiger partial charge in [-0.25, -0.2) is 0 Å². The maximum atomic E-state index is 13.1. The quantitative estimate of drug-likeness (QED) is 0.895. The lowest BCUT2D eigenvalue weighted by atomic mass is 9.98. The SMILES string of the molecule is CC1(NCc2cc3c(c(C(F)(F)F)c2)CNC3=O)CC1. The van der Waals surface area contributed by atoms with Gasteiger partial charge in [0.1, 0.15) is 0 Å². The number of hydrogen-bond acceptors (Lipinski definition) is 2. The number of fused-ring (bicyclic) bond motifs is 1. The summed E-state index contributed by atoms with van der Waals surface area (Å²) >= 11 is 0. The van der Waals surface area contributed by atoms with Crippen LogP contribution in [0.2, 0.25) is 0 Å². The number of rotatable bonds is 3. The molecule has 6 heteroatoms. The Kier molecular flexibility index (Phi) is 2.83. The minimum atomic E-state index is -4.43. The predicted octanol–water partition coefficient (Wildman–Crippen LogP) is 2.59. The number of nitrogens with one attached hydrogen (secondary N) is 2. The van der Waals surface area contributed by atoms with Crippen molar-refractivity contribution in [2.45, 2.75) is 44.6 Å². The minimum Gasteiger partial charge on any atom is -0.348 e. The highest BCUT2D eigenvalue weighted by molar-refractivity contribution is 5.99. The molecule has 0 atom stereocenters. The fourth-order valence-corrected chi connectivity index (χ4v) is 2.42. The van der Waals surface area contributed by atoms with Gasteiger partial charge in [-0.05, 0) is 43.0 Å². The molecule has 20 heavy (non-hydrogen) atoms. The molecule has 3 rings (SSSR count). The molecule has 0 saturated heterocycles. The lowest BCUT2D eigenvalue weighted by Crippen LogP contribution is -2.27. The lowest BCUT2D eigenvalue weighted by molar-refractivity contribution is -0.138. The highest BCUT2D eigenvalue weighted by Crippen LogP contribution is 2.37. The van der Waals surface area contributed by atoms with Gasteiger partial charge in [0.25, 0.3) is 5.91 Å². The molecule has 1 aliphatic carbocycles. The third-order valence-electron chi connectivity index (χ3n) is 4.00. The van der Waals surface area contributed by atoms with Crippen LogP contribution in [0.3, 0.4) is 0 Å². The molecule has 1 aromatic rings. The zero-order chi connectivity index (χ0) is 14.5. The van der Waals surface area contributed by atoms with E-state index in [0.717, 1.165) is 18.9 Å². The van der Waals surface area contributed by atoms with Crippen LogP contribution in [0.5, 0.6) is 0 Å². The van der Waals surface area contributed by atoms with Crippen LogP contribution in [-0.2, 0) is 19.3 Å². The first-order chi connectivity index (χ1) is 9.28. The molecular weight excluding hydrogens is 269 g/mol. The highest BCUT2D eigenvalue weighted by Gasteiger charge is 2.39. The van der Waals surface area contributed by atoms with Crippen LogP contribution in [0.15, 0.2) is 12.1 Å². The lowest BCUT2D eigenvalue weighted by Gasteiger charge is -2.15. The summed E-state index contributed by atoms with van der Waals surface area (Å²) in [4.78, 5) is 11.6. The van der Waals surface area contributed by atoms with Crippen molar-refractivity contribution in [2.24, 2.45) is 0 Å². The van der Waals surface area contributed by atoms with Crippen molar-refractivity contribution in [2.75, 3.05) is 0 Å². The van der Waals surface area contributed by atoms with Gasteiger partial charge in [-0.3, -0.25) is 4.79 Å². The molecule has 108 valence electrons. The van der Waals surface area contributed by atoms with Crippen molar-refractivity contribution in [3.63, 3.8) is 0 Å². The molecule has 1 aromatic carbocycles. The molecule has 1 heterocycles. The molecule has 3 nitrogen and oxygen atoms in total. The van der Waals surface area contributed by atoms with Gasteiger partial charge in [-0.2, -0.15) is 13.2 Å². The molecule has 0 radical (unpaired) electrons. The van der Waals surface area contributed by atoms with Crippen LogP contribution < -0.4 is 10.6 Å². The van der Waals surface area contributed by atoms with Crippen molar-refractivity contribution in [3.8, 4) is 0 Å². The molecule has 0 spiro atoms. The second-order valence-corrected chi connectivity index (χ2v) is 5.76. The summed E-state index contributed by atoms with van der Waals surface area (Å²) in [6, 6.07) is 2.71. The first-order valence-electron chi connectivity index (χ1n) is 6.55. The predicted molar refractivity (Wildman–Crippen MR) is 67.1 cm³/mol. The molecule has 2 N–H and O–H groups in total. The summed E-state index contributed by atoms with van der Waals surface area (Å²) in [7, 11) is 0. The summed E-state index contributed by atoms with van der Waals surface area (Å²) in [5.74, 6) is -0.426. The normalized spacial score (nSPS) is 19.7. The average molecular weight is 284 g/mol. The van der Waals surface area contributed by atoms with Crippen molar-refractivity contribution in [3.05, 3.63) is 34.4 Å². The van der Waals surface area contributed by atoms with Gasteiger partial charge in [-0.15, -0.1) is 0 Å². The van der Waals surface area contributed by atoms with Gasteiger partial charge in [-0.1, -0.05) is 0 Å². The van der Waals surface area contributed by atoms with E-state index in [4.69, 9.17) is 0 Å². The number of hydrogen-bond donors (Lipinski definition) is 2. The van der Waals surface area contributed by atoms with Crippen molar-refractivity contribution < 1.29 is 18.0 Å². The van der Waals surface area contributed by atoms with Gasteiger partial charge in [0.15, 0.2) is 0 Å². The van der Waals surface area contributed by atoms with Crippen LogP contribution >= 0.6 is 0 Å². The Hall–Kier alpha value is -1.56. The monoisotopic (exact) mass is 284 g/mol. The summed E-state index contributed by atoms with van der Waals surface area (Å²) in [5.41, 5.74) is 0.0495. The van der Waals surface area contributed by atoms with Crippen LogP contribution in [-0.4, -0.2) is 11.4 Å². The summed E-state index contributed by atoms with van der Waals surface area (Å²) < 4.78 is 39.2. The average Bonchev–Trinajstić information content (AvgIpc) is 2.99. The smallest absolute Gasteiger partial charge is 0.348 e. The number of carbonyl (C=O) groups excluding carboxylic acids is 1. The Morgan fingerprint density at radius 1 is 1.35 bits per heavy atom. The maximum Gasteiger partial charge on any atom is 0.416 e. The second kappa shape index (κ2) is 4.22. The third-order valence-corrected chi connectivity index (χ3v) is 4.00. The van der Waals surface area contributed by atoms with E-state index in [0.29, 0.717) is 12.1 Å². The zero-order valence-electron chi connectivity index (χ0n) is 11.0. The highest BCUT2D eigenvalue weighted by atomic mass is 19.4. The Labute approximate surface area is 114 Å². The van der Waals surface area contributed by atoms with Gasteiger partial charge in [0, 0.05) is 24.2 Å². The number of amides is 1. The summed E-state index contributed by atoms with van der Waals surface area (Å²) in [6.07, 6.45) is -2.37. The fourth-order valence-electron chi connectivity index (χ4n) is 2.42. The van der Waals surface area contributed by atoms with Crippen molar-refractivity contribution in [1.29, 1.82) is 0 Å². The fraction of sp³-hybridized carbons (Fsp3) is 0.500. The largest absolute Gasteiger partial charge is 0.416 e. The Bertz CT molecular complexity index is 577. The Balaban J connectivity index is 1.95. The molecule has 2 aliphatic rings. The van der Waals surface area contributed by atoms with Crippen LogP contribution in [0.25, 0.3) is 0 Å². The number of benzene rings is 1. The van der Waals surface area contributed by atoms with E-state index in [-0.39, 0.29) is 23.2 Å². The number of alkyl halides is 3. The first-order valence-corrected chi connectivity index (χ1v) is 6.55. The van der Waals surface area contributed by atoms with Gasteiger partial charge in [0.2, 0.25) is 0 Å². The maximum absolute atomic E-state index is 13.1. The van der Waals surface area contributed by atoms with Gasteiger partial charge >= 0.3 is 6.18 Å². The van der Waals surface area contributed by atoms with Crippen LogP contribution in [0, 0.1) is 0 Å². The summed E-state index contributed by atoms with van der Waals surface area (Å²) in [5, 5.41) is 5.68. The third kappa shape index (κ3) is 2.40. The van der Waals surface area contributed by atoms with E-state index in [1.54, 1.807) is 6.07 Å². The zero-order valence-corrected chi connectivity index (χ0v) is 11.0. The van der Waals surface area contributed by atoms with Crippen molar-refractivity contribution >= 4 is 5.91 Å². The van der Waals surface area contributed by atoms with E-state index >= 15 is 0 Å². The first kappa shape index (κ1) is 13.4. The molecule has 1 amide bonds. The standard InChI is InChI=1S/C14H15F3N2O/c1-13(2-3-13)19-6-8-4-9-10(7-18-12(9)20)11(5-8)14(15,16)17/h4-5,19H,2-3,6-7H2,1H3,(H,18,20). The van der Waals surface area contributed by atoms with Gasteiger partial charge < -0.3 is 10.6 Å². The van der Waals surface area contributed by atoms with E-state index in [2.05, 4.69) is 10.6 Å². The molecule has 0 unspecified atom stereocenters. The second-order valence-electron chi connectivity index (χ2n) is 5.76. The number of halogens is 3. The Morgan fingerprint density at radius 3 is 2.65 bits per heavy atom. The molecule has 0 aromatic heterocycles. The molecule has 1 saturated carbocycles. The summed E-state index contributed by atoms with van der Waals surface area (Å²) in [6.45, 7) is 2.34. The van der Waals surface area contributed by atoms with E-state index in [1.165, 1.54) is 0 Å². The molecule has 1 aliphatic heterocycles. The minimum absolute atomic E-state index is 0.0413. The van der Waals surface area contributed by atoms with Crippen molar-refractivity contribution in [1.82, 2.24) is 10.6 Å². The topological polar surface area (TPSA) is 41.1 Å².